The molecule has 5 heteroatoms. The van der Waals surface area contributed by atoms with Crippen LogP contribution in [0, 0.1) is 0 Å². The largest absolute Gasteiger partial charge is 0.342 e. The Kier molecular flexibility index (Phi) is 4.58. The Morgan fingerprint density at radius 1 is 1.00 bits per heavy atom. The summed E-state index contributed by atoms with van der Waals surface area (Å²) >= 11 is 0. The van der Waals surface area contributed by atoms with E-state index in [9.17, 15) is 4.79 Å². The van der Waals surface area contributed by atoms with Gasteiger partial charge in [-0.1, -0.05) is 0 Å². The van der Waals surface area contributed by atoms with Crippen LogP contribution in [0.15, 0.2) is 0 Å². The quantitative estimate of drug-likeness (QED) is 0.797. The van der Waals surface area contributed by atoms with Crippen molar-refractivity contribution in [2.24, 2.45) is 5.73 Å². The molecule has 3 aliphatic rings. The highest BCUT2D eigenvalue weighted by Crippen LogP contribution is 2.20. The molecule has 3 fully saturated rings. The summed E-state index contributed by atoms with van der Waals surface area (Å²) in [6, 6.07) is 1.05. The van der Waals surface area contributed by atoms with Crippen molar-refractivity contribution in [1.82, 2.24) is 14.7 Å². The molecule has 0 spiro atoms. The van der Waals surface area contributed by atoms with Gasteiger partial charge >= 0.3 is 0 Å². The van der Waals surface area contributed by atoms with Gasteiger partial charge in [0.15, 0.2) is 0 Å². The van der Waals surface area contributed by atoms with E-state index in [0.717, 1.165) is 52.1 Å². The lowest BCUT2D eigenvalue weighted by Crippen LogP contribution is -2.46. The van der Waals surface area contributed by atoms with Crippen molar-refractivity contribution >= 4 is 5.91 Å². The average molecular weight is 280 g/mol. The molecule has 1 atom stereocenters. The van der Waals surface area contributed by atoms with Crippen LogP contribution in [0.5, 0.6) is 0 Å². The van der Waals surface area contributed by atoms with E-state index >= 15 is 0 Å². The Bertz CT molecular complexity index is 335. The summed E-state index contributed by atoms with van der Waals surface area (Å²) < 4.78 is 0. The number of likely N-dealkylation sites (tertiary alicyclic amines) is 3. The van der Waals surface area contributed by atoms with Crippen LogP contribution in [0.3, 0.4) is 0 Å². The van der Waals surface area contributed by atoms with Crippen LogP contribution in [0.4, 0.5) is 0 Å². The predicted octanol–water partition coefficient (Wildman–Crippen LogP) is 0.106. The van der Waals surface area contributed by atoms with E-state index in [1.165, 1.54) is 19.3 Å². The fraction of sp³-hybridized carbons (Fsp3) is 0.933. The second-order valence-electron chi connectivity index (χ2n) is 6.64. The smallest absolute Gasteiger partial charge is 0.236 e. The molecule has 0 radical (unpaired) electrons. The van der Waals surface area contributed by atoms with Crippen molar-refractivity contribution in [3.8, 4) is 0 Å². The van der Waals surface area contributed by atoms with Crippen LogP contribution < -0.4 is 5.73 Å². The highest BCUT2D eigenvalue weighted by Gasteiger charge is 2.31. The van der Waals surface area contributed by atoms with Gasteiger partial charge in [-0.05, 0) is 45.2 Å². The van der Waals surface area contributed by atoms with Crippen molar-refractivity contribution in [2.75, 3.05) is 45.8 Å². The highest BCUT2D eigenvalue weighted by atomic mass is 16.2. The molecule has 5 nitrogen and oxygen atoms in total. The molecule has 20 heavy (non-hydrogen) atoms. The lowest BCUT2D eigenvalue weighted by atomic mass is 10.0. The maximum absolute atomic E-state index is 12.2. The molecular weight excluding hydrogens is 252 g/mol. The Morgan fingerprint density at radius 3 is 2.40 bits per heavy atom. The maximum Gasteiger partial charge on any atom is 0.236 e. The van der Waals surface area contributed by atoms with Crippen molar-refractivity contribution < 1.29 is 4.79 Å². The summed E-state index contributed by atoms with van der Waals surface area (Å²) in [6.07, 6.45) is 5.83. The maximum atomic E-state index is 12.2. The van der Waals surface area contributed by atoms with Crippen LogP contribution >= 0.6 is 0 Å². The molecule has 2 N–H and O–H groups in total. The molecule has 3 saturated heterocycles. The molecule has 0 aromatic heterocycles. The standard InChI is InChI=1S/C15H28N4O/c16-13-3-9-18(10-4-13)14-5-8-17(11-14)12-15(20)19-6-1-2-7-19/h13-14H,1-12,16H2. The first-order valence-electron chi connectivity index (χ1n) is 8.22. The number of piperidine rings is 1. The third kappa shape index (κ3) is 3.32. The highest BCUT2D eigenvalue weighted by molar-refractivity contribution is 5.78. The lowest BCUT2D eigenvalue weighted by Gasteiger charge is -2.34. The minimum Gasteiger partial charge on any atom is -0.342 e. The van der Waals surface area contributed by atoms with Crippen molar-refractivity contribution in [3.63, 3.8) is 0 Å². The number of carbonyl (C=O) groups excluding carboxylic acids is 1. The molecule has 1 amide bonds. The Labute approximate surface area is 122 Å². The number of carbonyl (C=O) groups is 1. The van der Waals surface area contributed by atoms with Gasteiger partial charge in [-0.15, -0.1) is 0 Å². The number of amides is 1. The van der Waals surface area contributed by atoms with E-state index in [2.05, 4.69) is 9.80 Å². The molecule has 3 heterocycles. The molecule has 0 saturated carbocycles. The second-order valence-corrected chi connectivity index (χ2v) is 6.64. The topological polar surface area (TPSA) is 52.8 Å². The van der Waals surface area contributed by atoms with E-state index in [0.29, 0.717) is 24.5 Å². The Hall–Kier alpha value is -0.650. The minimum absolute atomic E-state index is 0.337. The van der Waals surface area contributed by atoms with Crippen LogP contribution in [0.1, 0.15) is 32.1 Å². The van der Waals surface area contributed by atoms with E-state index in [1.807, 2.05) is 4.90 Å². The number of rotatable bonds is 3. The van der Waals surface area contributed by atoms with E-state index < -0.39 is 0 Å². The van der Waals surface area contributed by atoms with E-state index in [1.54, 1.807) is 0 Å². The van der Waals surface area contributed by atoms with Gasteiger partial charge in [0.05, 0.1) is 6.54 Å². The van der Waals surface area contributed by atoms with Crippen molar-refractivity contribution in [1.29, 1.82) is 0 Å². The van der Waals surface area contributed by atoms with Gasteiger partial charge < -0.3 is 10.6 Å². The van der Waals surface area contributed by atoms with Gasteiger partial charge in [-0.25, -0.2) is 0 Å². The van der Waals surface area contributed by atoms with Crippen LogP contribution in [-0.4, -0.2) is 78.5 Å². The van der Waals surface area contributed by atoms with Gasteiger partial charge in [0.2, 0.25) is 5.91 Å². The molecule has 3 aliphatic heterocycles. The third-order valence-electron chi connectivity index (χ3n) is 5.16. The first kappa shape index (κ1) is 14.3. The number of hydrogen-bond donors (Lipinski definition) is 1. The molecule has 0 aromatic rings. The van der Waals surface area contributed by atoms with Crippen LogP contribution in [-0.2, 0) is 4.79 Å². The summed E-state index contributed by atoms with van der Waals surface area (Å²) in [5.74, 6) is 0.337. The number of nitrogens with zero attached hydrogens (tertiary/aromatic N) is 3. The Balaban J connectivity index is 1.43. The third-order valence-corrected chi connectivity index (χ3v) is 5.16. The van der Waals surface area contributed by atoms with Crippen LogP contribution in [0.25, 0.3) is 0 Å². The SMILES string of the molecule is NC1CCN(C2CCN(CC(=O)N3CCCC3)C2)CC1. The summed E-state index contributed by atoms with van der Waals surface area (Å²) in [7, 11) is 0. The Morgan fingerprint density at radius 2 is 1.70 bits per heavy atom. The minimum atomic E-state index is 0.337. The summed E-state index contributed by atoms with van der Waals surface area (Å²) in [4.78, 5) is 19.2. The predicted molar refractivity (Wildman–Crippen MR) is 79.4 cm³/mol. The zero-order valence-corrected chi connectivity index (χ0v) is 12.5. The van der Waals surface area contributed by atoms with Gasteiger partial charge in [0, 0.05) is 38.3 Å². The zero-order valence-electron chi connectivity index (χ0n) is 12.5. The van der Waals surface area contributed by atoms with Gasteiger partial charge in [0.25, 0.3) is 0 Å². The fourth-order valence-corrected chi connectivity index (χ4v) is 3.80. The molecule has 0 aliphatic carbocycles. The van der Waals surface area contributed by atoms with E-state index in [4.69, 9.17) is 5.73 Å². The van der Waals surface area contributed by atoms with E-state index in [-0.39, 0.29) is 0 Å². The molecular formula is C15H28N4O. The molecule has 3 rings (SSSR count). The molecule has 0 aromatic carbocycles. The normalized spacial score (nSPS) is 30.2. The van der Waals surface area contributed by atoms with Crippen molar-refractivity contribution in [3.05, 3.63) is 0 Å². The second kappa shape index (κ2) is 6.41. The first-order valence-corrected chi connectivity index (χ1v) is 8.22. The zero-order chi connectivity index (χ0) is 13.9. The van der Waals surface area contributed by atoms with Crippen molar-refractivity contribution in [2.45, 2.75) is 44.2 Å². The molecule has 1 unspecified atom stereocenters. The average Bonchev–Trinajstić information content (AvgIpc) is 3.10. The summed E-state index contributed by atoms with van der Waals surface area (Å²) in [5, 5.41) is 0. The monoisotopic (exact) mass is 280 g/mol. The molecule has 0 bridgehead atoms. The van der Waals surface area contributed by atoms with Gasteiger partial charge in [-0.2, -0.15) is 0 Å². The summed E-state index contributed by atoms with van der Waals surface area (Å²) in [6.45, 7) is 6.99. The lowest BCUT2D eigenvalue weighted by molar-refractivity contribution is -0.131. The number of hydrogen-bond acceptors (Lipinski definition) is 4. The molecule has 114 valence electrons. The fourth-order valence-electron chi connectivity index (χ4n) is 3.80. The first-order chi connectivity index (χ1) is 9.72. The van der Waals surface area contributed by atoms with Gasteiger partial charge in [-0.3, -0.25) is 14.6 Å². The van der Waals surface area contributed by atoms with Crippen LogP contribution in [0.2, 0.25) is 0 Å². The number of nitrogens with two attached hydrogens (primary N) is 1. The summed E-state index contributed by atoms with van der Waals surface area (Å²) in [5.41, 5.74) is 5.97. The van der Waals surface area contributed by atoms with Gasteiger partial charge in [0.1, 0.15) is 0 Å².